The van der Waals surface area contributed by atoms with Crippen LogP contribution in [0.4, 0.5) is 4.39 Å². The van der Waals surface area contributed by atoms with Crippen LogP contribution in [0.3, 0.4) is 0 Å². The van der Waals surface area contributed by atoms with Gasteiger partial charge in [-0.1, -0.05) is 66.7 Å². The average molecular weight is 552 g/mol. The van der Waals surface area contributed by atoms with Crippen LogP contribution in [0.2, 0.25) is 0 Å². The Labute approximate surface area is 233 Å². The number of nitriles is 1. The van der Waals surface area contributed by atoms with E-state index in [4.69, 9.17) is 9.73 Å². The Morgan fingerprint density at radius 2 is 1.62 bits per heavy atom. The van der Waals surface area contributed by atoms with Gasteiger partial charge in [-0.25, -0.2) is 12.8 Å². The molecule has 0 amide bonds. The second-order valence-corrected chi connectivity index (χ2v) is 11.8. The Morgan fingerprint density at radius 1 is 0.950 bits per heavy atom. The maximum atomic E-state index is 15.5. The first-order valence-corrected chi connectivity index (χ1v) is 14.5. The summed E-state index contributed by atoms with van der Waals surface area (Å²) in [5, 5.41) is 9.98. The molecule has 0 saturated carbocycles. The van der Waals surface area contributed by atoms with Crippen molar-refractivity contribution < 1.29 is 17.5 Å². The van der Waals surface area contributed by atoms with Crippen molar-refractivity contribution in [1.29, 1.82) is 5.26 Å². The molecule has 6 nitrogen and oxygen atoms in total. The summed E-state index contributed by atoms with van der Waals surface area (Å²) in [6, 6.07) is 28.6. The second-order valence-electron chi connectivity index (χ2n) is 9.86. The van der Waals surface area contributed by atoms with Crippen LogP contribution in [-0.4, -0.2) is 37.6 Å². The molecule has 1 fully saturated rings. The molecule has 0 aromatic heterocycles. The molecule has 4 aromatic rings. The van der Waals surface area contributed by atoms with E-state index in [0.29, 0.717) is 41.2 Å². The normalized spacial score (nSPS) is 15.0. The first-order valence-electron chi connectivity index (χ1n) is 13.1. The molecule has 6 rings (SSSR count). The van der Waals surface area contributed by atoms with E-state index in [9.17, 15) is 13.7 Å². The second kappa shape index (κ2) is 10.7. The molecule has 1 unspecified atom stereocenters. The number of fused-ring (bicyclic) bond motifs is 3. The maximum absolute atomic E-state index is 15.5. The van der Waals surface area contributed by atoms with Crippen molar-refractivity contribution in [1.82, 2.24) is 4.31 Å². The van der Waals surface area contributed by atoms with Gasteiger partial charge >= 0.3 is 0 Å². The third-order valence-electron chi connectivity index (χ3n) is 7.29. The number of halogens is 1. The Hall–Kier alpha value is -4.32. The largest absolute Gasteiger partial charge is 0.488 e. The number of hydrogen-bond acceptors (Lipinski definition) is 5. The quantitative estimate of drug-likeness (QED) is 0.274. The summed E-state index contributed by atoms with van der Waals surface area (Å²) in [5.74, 6) is 0.0261. The molecule has 40 heavy (non-hydrogen) atoms. The van der Waals surface area contributed by atoms with Crippen LogP contribution in [0.25, 0.3) is 11.1 Å². The standard InChI is InChI=1S/C32H26FN3O3S/c33-30-19-29-28-13-12-27(40(37,38)36-14-7-15-36)17-25(28)21-39-31(29)18-24(30)16-26(20-34)35-32(22-8-3-1-4-9-22)23-10-5-2-6-11-23/h1-6,8-13,17-19,26H,7,14-16,21H2. The van der Waals surface area contributed by atoms with Gasteiger partial charge in [-0.15, -0.1) is 0 Å². The van der Waals surface area contributed by atoms with Crippen LogP contribution in [0, 0.1) is 17.1 Å². The number of rotatable bonds is 7. The van der Waals surface area contributed by atoms with Crippen molar-refractivity contribution in [2.75, 3.05) is 13.1 Å². The Bertz CT molecular complexity index is 1700. The molecule has 2 aliphatic rings. The molecule has 1 saturated heterocycles. The van der Waals surface area contributed by atoms with Gasteiger partial charge in [0.25, 0.3) is 0 Å². The molecule has 1 atom stereocenters. The number of sulfonamides is 1. The molecular formula is C32H26FN3O3S. The third kappa shape index (κ3) is 4.90. The minimum atomic E-state index is -3.53. The van der Waals surface area contributed by atoms with E-state index in [1.54, 1.807) is 24.3 Å². The van der Waals surface area contributed by atoms with Crippen LogP contribution < -0.4 is 4.74 Å². The van der Waals surface area contributed by atoms with Crippen LogP contribution in [-0.2, 0) is 23.1 Å². The van der Waals surface area contributed by atoms with Gasteiger partial charge in [0.1, 0.15) is 24.2 Å². The van der Waals surface area contributed by atoms with Gasteiger partial charge in [0.15, 0.2) is 0 Å². The van der Waals surface area contributed by atoms with Gasteiger partial charge in [-0.05, 0) is 47.4 Å². The molecule has 0 spiro atoms. The van der Waals surface area contributed by atoms with Crippen molar-refractivity contribution >= 4 is 15.7 Å². The van der Waals surface area contributed by atoms with Gasteiger partial charge in [0.2, 0.25) is 10.0 Å². The van der Waals surface area contributed by atoms with Crippen molar-refractivity contribution in [3.8, 4) is 22.9 Å². The number of ether oxygens (including phenoxy) is 1. The molecule has 0 bridgehead atoms. The number of aliphatic imine (C=N–C) groups is 1. The predicted molar refractivity (Wildman–Crippen MR) is 151 cm³/mol. The van der Waals surface area contributed by atoms with Crippen LogP contribution in [0.1, 0.15) is 28.7 Å². The summed E-state index contributed by atoms with van der Waals surface area (Å²) < 4.78 is 48.5. The maximum Gasteiger partial charge on any atom is 0.243 e. The smallest absolute Gasteiger partial charge is 0.243 e. The lowest BCUT2D eigenvalue weighted by atomic mass is 9.94. The van der Waals surface area contributed by atoms with Gasteiger partial charge in [0.05, 0.1) is 16.7 Å². The fourth-order valence-corrected chi connectivity index (χ4v) is 6.59. The minimum absolute atomic E-state index is 0.0714. The summed E-state index contributed by atoms with van der Waals surface area (Å²) >= 11 is 0. The highest BCUT2D eigenvalue weighted by atomic mass is 32.2. The zero-order chi connectivity index (χ0) is 27.7. The Morgan fingerprint density at radius 3 is 2.23 bits per heavy atom. The Balaban J connectivity index is 1.31. The monoisotopic (exact) mass is 551 g/mol. The van der Waals surface area contributed by atoms with Crippen molar-refractivity contribution in [3.63, 3.8) is 0 Å². The lowest BCUT2D eigenvalue weighted by Gasteiger charge is -2.30. The lowest BCUT2D eigenvalue weighted by molar-refractivity contribution is 0.300. The highest BCUT2D eigenvalue weighted by Crippen LogP contribution is 2.40. The van der Waals surface area contributed by atoms with E-state index < -0.39 is 21.9 Å². The summed E-state index contributed by atoms with van der Waals surface area (Å²) in [7, 11) is -3.53. The highest BCUT2D eigenvalue weighted by Gasteiger charge is 2.31. The summed E-state index contributed by atoms with van der Waals surface area (Å²) in [6.45, 7) is 1.22. The van der Waals surface area contributed by atoms with Gasteiger partial charge in [-0.3, -0.25) is 4.99 Å². The Kier molecular flexibility index (Phi) is 6.93. The van der Waals surface area contributed by atoms with E-state index in [0.717, 1.165) is 23.1 Å². The fraction of sp³-hybridized carbons (Fsp3) is 0.188. The fourth-order valence-electron chi connectivity index (χ4n) is 5.02. The van der Waals surface area contributed by atoms with E-state index in [2.05, 4.69) is 6.07 Å². The van der Waals surface area contributed by atoms with Gasteiger partial charge in [0, 0.05) is 36.2 Å². The zero-order valence-electron chi connectivity index (χ0n) is 21.6. The number of benzene rings is 4. The minimum Gasteiger partial charge on any atom is -0.488 e. The molecule has 4 aromatic carbocycles. The SMILES string of the molecule is N#CC(Cc1cc2c(cc1F)-c1ccc(S(=O)(=O)N3CCC3)cc1CO2)N=C(c1ccccc1)c1ccccc1. The van der Waals surface area contributed by atoms with Gasteiger partial charge in [-0.2, -0.15) is 9.57 Å². The summed E-state index contributed by atoms with van der Waals surface area (Å²) in [5.41, 5.74) is 4.72. The molecule has 2 aliphatic heterocycles. The summed E-state index contributed by atoms with van der Waals surface area (Å²) in [6.07, 6.45) is 0.933. The number of nitrogens with zero attached hydrogens (tertiary/aromatic N) is 3. The zero-order valence-corrected chi connectivity index (χ0v) is 22.4. The topological polar surface area (TPSA) is 82.8 Å². The van der Waals surface area contributed by atoms with Crippen molar-refractivity contribution in [2.45, 2.75) is 30.4 Å². The molecule has 8 heteroatoms. The van der Waals surface area contributed by atoms with Crippen molar-refractivity contribution in [3.05, 3.63) is 119 Å². The average Bonchev–Trinajstić information content (AvgIpc) is 2.95. The van der Waals surface area contributed by atoms with Crippen LogP contribution in [0.15, 0.2) is 101 Å². The predicted octanol–water partition coefficient (Wildman–Crippen LogP) is 5.75. The first-order chi connectivity index (χ1) is 19.4. The number of hydrogen-bond donors (Lipinski definition) is 0. The summed E-state index contributed by atoms with van der Waals surface area (Å²) in [4.78, 5) is 4.99. The van der Waals surface area contributed by atoms with E-state index in [1.807, 2.05) is 60.7 Å². The molecular weight excluding hydrogens is 525 g/mol. The highest BCUT2D eigenvalue weighted by molar-refractivity contribution is 7.89. The third-order valence-corrected chi connectivity index (χ3v) is 9.19. The van der Waals surface area contributed by atoms with E-state index in [-0.39, 0.29) is 17.9 Å². The van der Waals surface area contributed by atoms with Crippen LogP contribution in [0.5, 0.6) is 5.75 Å². The molecule has 0 N–H and O–H groups in total. The van der Waals surface area contributed by atoms with Crippen LogP contribution >= 0.6 is 0 Å². The molecule has 0 radical (unpaired) electrons. The van der Waals surface area contributed by atoms with Crippen molar-refractivity contribution in [2.24, 2.45) is 4.99 Å². The van der Waals surface area contributed by atoms with E-state index in [1.165, 1.54) is 10.4 Å². The molecule has 0 aliphatic carbocycles. The van der Waals surface area contributed by atoms with Gasteiger partial charge < -0.3 is 4.74 Å². The molecule has 2 heterocycles. The molecule has 200 valence electrons. The first kappa shape index (κ1) is 25.9. The lowest BCUT2D eigenvalue weighted by Crippen LogP contribution is -2.41. The van der Waals surface area contributed by atoms with E-state index >= 15 is 4.39 Å².